The Morgan fingerprint density at radius 3 is 2.86 bits per heavy atom. The van der Waals surface area contributed by atoms with Crippen LogP contribution in [-0.2, 0) is 0 Å². The topological polar surface area (TPSA) is 67.0 Å². The molecule has 1 amide bonds. The number of carbonyl (C=O) groups excluding carboxylic acids is 1. The second-order valence-electron chi connectivity index (χ2n) is 4.54. The highest BCUT2D eigenvalue weighted by molar-refractivity contribution is 5.96. The number of ether oxygens (including phenoxy) is 1. The van der Waals surface area contributed by atoms with Crippen LogP contribution in [0.4, 0.5) is 0 Å². The standard InChI is InChI=1S/C16H15N3O2/c20-16(15-11-14-13(19-15)7-4-8-17-14)18-9-10-21-12-5-2-1-3-6-12/h1-8,11,19H,9-10H2,(H,18,20). The molecular formula is C16H15N3O2. The van der Waals surface area contributed by atoms with Crippen LogP contribution in [-0.4, -0.2) is 29.0 Å². The molecule has 0 aliphatic rings. The number of amides is 1. The molecule has 2 N–H and O–H groups in total. The van der Waals surface area contributed by atoms with E-state index in [9.17, 15) is 4.79 Å². The van der Waals surface area contributed by atoms with E-state index in [0.29, 0.717) is 18.8 Å². The first-order valence-corrected chi connectivity index (χ1v) is 6.73. The van der Waals surface area contributed by atoms with Gasteiger partial charge < -0.3 is 15.0 Å². The average Bonchev–Trinajstić information content (AvgIpc) is 2.96. The molecule has 3 rings (SSSR count). The highest BCUT2D eigenvalue weighted by Gasteiger charge is 2.09. The lowest BCUT2D eigenvalue weighted by Crippen LogP contribution is -2.28. The predicted octanol–water partition coefficient (Wildman–Crippen LogP) is 2.37. The van der Waals surface area contributed by atoms with Gasteiger partial charge in [-0.05, 0) is 30.3 Å². The van der Waals surface area contributed by atoms with Crippen molar-refractivity contribution in [2.24, 2.45) is 0 Å². The maximum Gasteiger partial charge on any atom is 0.267 e. The number of fused-ring (bicyclic) bond motifs is 1. The molecule has 2 heterocycles. The minimum absolute atomic E-state index is 0.162. The zero-order valence-corrected chi connectivity index (χ0v) is 11.4. The van der Waals surface area contributed by atoms with Crippen molar-refractivity contribution in [2.45, 2.75) is 0 Å². The largest absolute Gasteiger partial charge is 0.492 e. The van der Waals surface area contributed by atoms with Gasteiger partial charge >= 0.3 is 0 Å². The molecule has 0 aliphatic heterocycles. The van der Waals surface area contributed by atoms with Gasteiger partial charge in [0.1, 0.15) is 18.1 Å². The van der Waals surface area contributed by atoms with Crippen molar-refractivity contribution in [1.82, 2.24) is 15.3 Å². The lowest BCUT2D eigenvalue weighted by molar-refractivity contribution is 0.0943. The van der Waals surface area contributed by atoms with E-state index in [-0.39, 0.29) is 5.91 Å². The maximum atomic E-state index is 12.0. The number of benzene rings is 1. The Hall–Kier alpha value is -2.82. The number of aromatic nitrogens is 2. The normalized spacial score (nSPS) is 10.5. The number of H-pyrrole nitrogens is 1. The summed E-state index contributed by atoms with van der Waals surface area (Å²) < 4.78 is 5.51. The van der Waals surface area contributed by atoms with Crippen molar-refractivity contribution >= 4 is 16.9 Å². The Labute approximate surface area is 122 Å². The monoisotopic (exact) mass is 281 g/mol. The van der Waals surface area contributed by atoms with Crippen LogP contribution in [0.1, 0.15) is 10.5 Å². The highest BCUT2D eigenvalue weighted by Crippen LogP contribution is 2.11. The minimum Gasteiger partial charge on any atom is -0.492 e. The summed E-state index contributed by atoms with van der Waals surface area (Å²) in [6.07, 6.45) is 1.70. The van der Waals surface area contributed by atoms with Crippen LogP contribution < -0.4 is 10.1 Å². The van der Waals surface area contributed by atoms with Crippen LogP contribution in [0, 0.1) is 0 Å². The molecule has 3 aromatic rings. The first-order chi connectivity index (χ1) is 10.3. The summed E-state index contributed by atoms with van der Waals surface area (Å²) in [6, 6.07) is 15.0. The Balaban J connectivity index is 1.52. The number of carbonyl (C=O) groups is 1. The second-order valence-corrected chi connectivity index (χ2v) is 4.54. The van der Waals surface area contributed by atoms with Gasteiger partial charge in [-0.1, -0.05) is 18.2 Å². The second kappa shape index (κ2) is 6.09. The number of nitrogens with one attached hydrogen (secondary N) is 2. The quantitative estimate of drug-likeness (QED) is 0.706. The van der Waals surface area contributed by atoms with Crippen molar-refractivity contribution < 1.29 is 9.53 Å². The summed E-state index contributed by atoms with van der Waals surface area (Å²) in [5.74, 6) is 0.631. The van der Waals surface area contributed by atoms with Gasteiger partial charge in [-0.25, -0.2) is 0 Å². The van der Waals surface area contributed by atoms with Gasteiger partial charge in [0.2, 0.25) is 0 Å². The fraction of sp³-hybridized carbons (Fsp3) is 0.125. The maximum absolute atomic E-state index is 12.0. The molecule has 0 bridgehead atoms. The van der Waals surface area contributed by atoms with Gasteiger partial charge in [0.05, 0.1) is 17.6 Å². The third-order valence-electron chi connectivity index (χ3n) is 3.03. The number of nitrogens with zero attached hydrogens (tertiary/aromatic N) is 1. The molecule has 1 aromatic carbocycles. The summed E-state index contributed by atoms with van der Waals surface area (Å²) in [4.78, 5) is 19.2. The molecule has 5 heteroatoms. The number of rotatable bonds is 5. The molecule has 0 aliphatic carbocycles. The van der Waals surface area contributed by atoms with E-state index in [1.165, 1.54) is 0 Å². The molecule has 0 atom stereocenters. The summed E-state index contributed by atoms with van der Waals surface area (Å²) >= 11 is 0. The molecule has 5 nitrogen and oxygen atoms in total. The smallest absolute Gasteiger partial charge is 0.267 e. The van der Waals surface area contributed by atoms with Crippen molar-refractivity contribution in [3.8, 4) is 5.75 Å². The Morgan fingerprint density at radius 1 is 1.19 bits per heavy atom. The number of para-hydroxylation sites is 1. The van der Waals surface area contributed by atoms with Crippen LogP contribution in [0.15, 0.2) is 54.7 Å². The molecule has 0 saturated heterocycles. The van der Waals surface area contributed by atoms with Gasteiger partial charge in [0.25, 0.3) is 5.91 Å². The van der Waals surface area contributed by atoms with Crippen molar-refractivity contribution in [3.05, 3.63) is 60.4 Å². The zero-order valence-electron chi connectivity index (χ0n) is 11.4. The van der Waals surface area contributed by atoms with E-state index in [2.05, 4.69) is 15.3 Å². The lowest BCUT2D eigenvalue weighted by Gasteiger charge is -2.06. The van der Waals surface area contributed by atoms with Crippen LogP contribution >= 0.6 is 0 Å². The van der Waals surface area contributed by atoms with E-state index in [1.807, 2.05) is 42.5 Å². The fourth-order valence-electron chi connectivity index (χ4n) is 2.02. The van der Waals surface area contributed by atoms with Crippen molar-refractivity contribution in [1.29, 1.82) is 0 Å². The van der Waals surface area contributed by atoms with E-state index in [4.69, 9.17) is 4.74 Å². The van der Waals surface area contributed by atoms with Gasteiger partial charge in [-0.2, -0.15) is 0 Å². The molecule has 0 saturated carbocycles. The highest BCUT2D eigenvalue weighted by atomic mass is 16.5. The molecule has 0 spiro atoms. The first-order valence-electron chi connectivity index (χ1n) is 6.73. The van der Waals surface area contributed by atoms with E-state index in [0.717, 1.165) is 16.8 Å². The third kappa shape index (κ3) is 3.20. The van der Waals surface area contributed by atoms with Gasteiger partial charge in [-0.3, -0.25) is 9.78 Å². The SMILES string of the molecule is O=C(NCCOc1ccccc1)c1cc2ncccc2[nH]1. The summed E-state index contributed by atoms with van der Waals surface area (Å²) in [7, 11) is 0. The van der Waals surface area contributed by atoms with Crippen LogP contribution in [0.3, 0.4) is 0 Å². The number of aromatic amines is 1. The third-order valence-corrected chi connectivity index (χ3v) is 3.03. The number of hydrogen-bond donors (Lipinski definition) is 2. The number of hydrogen-bond acceptors (Lipinski definition) is 3. The van der Waals surface area contributed by atoms with Crippen molar-refractivity contribution in [2.75, 3.05) is 13.2 Å². The van der Waals surface area contributed by atoms with Gasteiger partial charge in [-0.15, -0.1) is 0 Å². The fourth-order valence-corrected chi connectivity index (χ4v) is 2.02. The van der Waals surface area contributed by atoms with Gasteiger partial charge in [0, 0.05) is 6.20 Å². The summed E-state index contributed by atoms with van der Waals surface area (Å²) in [5.41, 5.74) is 2.13. The predicted molar refractivity (Wildman–Crippen MR) is 80.4 cm³/mol. The summed E-state index contributed by atoms with van der Waals surface area (Å²) in [5, 5.41) is 2.81. The number of pyridine rings is 1. The Bertz CT molecular complexity index is 704. The van der Waals surface area contributed by atoms with E-state index < -0.39 is 0 Å². The van der Waals surface area contributed by atoms with Gasteiger partial charge in [0.15, 0.2) is 0 Å². The van der Waals surface area contributed by atoms with Crippen LogP contribution in [0.25, 0.3) is 11.0 Å². The van der Waals surface area contributed by atoms with E-state index >= 15 is 0 Å². The van der Waals surface area contributed by atoms with Crippen LogP contribution in [0.2, 0.25) is 0 Å². The average molecular weight is 281 g/mol. The van der Waals surface area contributed by atoms with Crippen LogP contribution in [0.5, 0.6) is 5.75 Å². The molecule has 2 aromatic heterocycles. The Kier molecular flexibility index (Phi) is 3.82. The van der Waals surface area contributed by atoms with Crippen molar-refractivity contribution in [3.63, 3.8) is 0 Å². The summed E-state index contributed by atoms with van der Waals surface area (Å²) in [6.45, 7) is 0.866. The Morgan fingerprint density at radius 2 is 2.05 bits per heavy atom. The molecule has 0 radical (unpaired) electrons. The zero-order chi connectivity index (χ0) is 14.5. The minimum atomic E-state index is -0.162. The molecule has 106 valence electrons. The first kappa shape index (κ1) is 13.2. The molecular weight excluding hydrogens is 266 g/mol. The lowest BCUT2D eigenvalue weighted by atomic mass is 10.3. The molecule has 0 unspecified atom stereocenters. The van der Waals surface area contributed by atoms with E-state index in [1.54, 1.807) is 12.3 Å². The molecule has 0 fully saturated rings. The molecule has 21 heavy (non-hydrogen) atoms.